The summed E-state index contributed by atoms with van der Waals surface area (Å²) in [4.78, 5) is 11.8. The summed E-state index contributed by atoms with van der Waals surface area (Å²) in [5.41, 5.74) is 0.343. The van der Waals surface area contributed by atoms with Crippen LogP contribution in [-0.2, 0) is 17.4 Å². The van der Waals surface area contributed by atoms with Crippen molar-refractivity contribution in [2.45, 2.75) is 12.6 Å². The molecule has 0 aliphatic carbocycles. The standard InChI is InChI=1S/C17H16ClF3N2O/c18-14-7-6-13(17(19,20)21)10-15(14)23-11-16(24)22-9-8-12-4-2-1-3-5-12/h1-7,10,23H,8-9,11H2,(H,22,24). The highest BCUT2D eigenvalue weighted by Crippen LogP contribution is 2.33. The Labute approximate surface area is 142 Å². The molecule has 0 aliphatic heterocycles. The third kappa shape index (κ3) is 5.45. The van der Waals surface area contributed by atoms with Gasteiger partial charge in [0, 0.05) is 6.54 Å². The number of anilines is 1. The van der Waals surface area contributed by atoms with Crippen molar-refractivity contribution in [1.82, 2.24) is 5.32 Å². The highest BCUT2D eigenvalue weighted by atomic mass is 35.5. The van der Waals surface area contributed by atoms with E-state index < -0.39 is 11.7 Å². The van der Waals surface area contributed by atoms with Gasteiger partial charge in [-0.15, -0.1) is 0 Å². The van der Waals surface area contributed by atoms with Gasteiger partial charge in [0.25, 0.3) is 0 Å². The molecule has 24 heavy (non-hydrogen) atoms. The van der Waals surface area contributed by atoms with Crippen LogP contribution in [-0.4, -0.2) is 19.0 Å². The van der Waals surface area contributed by atoms with Crippen LogP contribution in [0, 0.1) is 0 Å². The normalized spacial score (nSPS) is 11.2. The highest BCUT2D eigenvalue weighted by Gasteiger charge is 2.30. The van der Waals surface area contributed by atoms with Gasteiger partial charge in [-0.1, -0.05) is 41.9 Å². The predicted molar refractivity (Wildman–Crippen MR) is 88.1 cm³/mol. The lowest BCUT2D eigenvalue weighted by molar-refractivity contribution is -0.137. The zero-order valence-corrected chi connectivity index (χ0v) is 13.4. The van der Waals surface area contributed by atoms with Gasteiger partial charge < -0.3 is 10.6 Å². The van der Waals surface area contributed by atoms with Gasteiger partial charge in [0.2, 0.25) is 5.91 Å². The number of halogens is 4. The van der Waals surface area contributed by atoms with Crippen LogP contribution >= 0.6 is 11.6 Å². The molecule has 2 rings (SSSR count). The fraction of sp³-hybridized carbons (Fsp3) is 0.235. The van der Waals surface area contributed by atoms with Crippen molar-refractivity contribution in [1.29, 1.82) is 0 Å². The van der Waals surface area contributed by atoms with Crippen molar-refractivity contribution in [3.63, 3.8) is 0 Å². The lowest BCUT2D eigenvalue weighted by Crippen LogP contribution is -2.31. The monoisotopic (exact) mass is 356 g/mol. The second-order valence-corrected chi connectivity index (χ2v) is 5.54. The Balaban J connectivity index is 1.83. The van der Waals surface area contributed by atoms with Crippen molar-refractivity contribution in [3.8, 4) is 0 Å². The van der Waals surface area contributed by atoms with Crippen molar-refractivity contribution < 1.29 is 18.0 Å². The summed E-state index contributed by atoms with van der Waals surface area (Å²) in [6.07, 6.45) is -3.78. The van der Waals surface area contributed by atoms with Crippen LogP contribution in [0.2, 0.25) is 5.02 Å². The van der Waals surface area contributed by atoms with Crippen molar-refractivity contribution in [3.05, 3.63) is 64.7 Å². The molecule has 0 aliphatic rings. The van der Waals surface area contributed by atoms with Crippen LogP contribution in [0.4, 0.5) is 18.9 Å². The van der Waals surface area contributed by atoms with Gasteiger partial charge in [-0.25, -0.2) is 0 Å². The van der Waals surface area contributed by atoms with Crippen LogP contribution in [0.15, 0.2) is 48.5 Å². The summed E-state index contributed by atoms with van der Waals surface area (Å²) in [6, 6.07) is 12.6. The highest BCUT2D eigenvalue weighted by molar-refractivity contribution is 6.33. The molecule has 7 heteroatoms. The largest absolute Gasteiger partial charge is 0.416 e. The Morgan fingerprint density at radius 2 is 1.79 bits per heavy atom. The maximum Gasteiger partial charge on any atom is 0.416 e. The molecule has 0 bridgehead atoms. The Hall–Kier alpha value is -2.21. The van der Waals surface area contributed by atoms with E-state index in [9.17, 15) is 18.0 Å². The van der Waals surface area contributed by atoms with E-state index >= 15 is 0 Å². The number of benzene rings is 2. The van der Waals surface area contributed by atoms with Gasteiger partial charge in [-0.3, -0.25) is 4.79 Å². The molecule has 3 nitrogen and oxygen atoms in total. The van der Waals surface area contributed by atoms with Crippen LogP contribution in [0.1, 0.15) is 11.1 Å². The molecule has 0 spiro atoms. The van der Waals surface area contributed by atoms with Gasteiger partial charge in [0.15, 0.2) is 0 Å². The molecule has 0 atom stereocenters. The van der Waals surface area contributed by atoms with Gasteiger partial charge in [0.1, 0.15) is 0 Å². The van der Waals surface area contributed by atoms with E-state index in [1.54, 1.807) is 0 Å². The maximum atomic E-state index is 12.7. The Morgan fingerprint density at radius 3 is 2.46 bits per heavy atom. The molecule has 0 radical (unpaired) electrons. The van der Waals surface area contributed by atoms with Crippen molar-refractivity contribution in [2.75, 3.05) is 18.4 Å². The molecule has 0 unspecified atom stereocenters. The van der Waals surface area contributed by atoms with Crippen molar-refractivity contribution in [2.24, 2.45) is 0 Å². The number of rotatable bonds is 6. The minimum absolute atomic E-state index is 0.0738. The van der Waals surface area contributed by atoms with E-state index in [1.807, 2.05) is 30.3 Å². The molecule has 0 fully saturated rings. The molecule has 0 heterocycles. The second kappa shape index (κ2) is 8.06. The number of hydrogen-bond acceptors (Lipinski definition) is 2. The maximum absolute atomic E-state index is 12.7. The number of carbonyl (C=O) groups is 1. The van der Waals surface area contributed by atoms with Gasteiger partial charge in [0.05, 0.1) is 22.8 Å². The number of nitrogens with one attached hydrogen (secondary N) is 2. The third-order valence-corrected chi connectivity index (χ3v) is 3.64. The Kier molecular flexibility index (Phi) is 6.09. The van der Waals surface area contributed by atoms with E-state index in [0.29, 0.717) is 13.0 Å². The van der Waals surface area contributed by atoms with E-state index in [1.165, 1.54) is 0 Å². The molecular weight excluding hydrogens is 341 g/mol. The number of amides is 1. The quantitative estimate of drug-likeness (QED) is 0.817. The molecule has 2 N–H and O–H groups in total. The summed E-state index contributed by atoms with van der Waals surface area (Å²) in [6.45, 7) is 0.288. The average Bonchev–Trinajstić information content (AvgIpc) is 2.54. The lowest BCUT2D eigenvalue weighted by atomic mass is 10.1. The summed E-state index contributed by atoms with van der Waals surface area (Å²) in [5, 5.41) is 5.45. The lowest BCUT2D eigenvalue weighted by Gasteiger charge is -2.12. The fourth-order valence-electron chi connectivity index (χ4n) is 2.07. The third-order valence-electron chi connectivity index (χ3n) is 3.31. The van der Waals surface area contributed by atoms with Crippen LogP contribution in [0.25, 0.3) is 0 Å². The first-order chi connectivity index (χ1) is 11.4. The van der Waals surface area contributed by atoms with Crippen LogP contribution in [0.5, 0.6) is 0 Å². The number of alkyl halides is 3. The summed E-state index contributed by atoms with van der Waals surface area (Å²) in [7, 11) is 0. The second-order valence-electron chi connectivity index (χ2n) is 5.13. The molecule has 2 aromatic rings. The number of hydrogen-bond donors (Lipinski definition) is 2. The minimum Gasteiger partial charge on any atom is -0.375 e. The zero-order chi connectivity index (χ0) is 17.6. The molecule has 0 saturated heterocycles. The van der Waals surface area contributed by atoms with Crippen LogP contribution in [0.3, 0.4) is 0 Å². The zero-order valence-electron chi connectivity index (χ0n) is 12.7. The summed E-state index contributed by atoms with van der Waals surface area (Å²) < 4.78 is 38.0. The first-order valence-corrected chi connectivity index (χ1v) is 7.65. The molecule has 1 amide bonds. The number of carbonyl (C=O) groups excluding carboxylic acids is 1. The smallest absolute Gasteiger partial charge is 0.375 e. The van der Waals surface area contributed by atoms with E-state index in [0.717, 1.165) is 23.8 Å². The van der Waals surface area contributed by atoms with E-state index in [-0.39, 0.29) is 23.2 Å². The SMILES string of the molecule is O=C(CNc1cc(C(F)(F)F)ccc1Cl)NCCc1ccccc1. The van der Waals surface area contributed by atoms with E-state index in [2.05, 4.69) is 10.6 Å². The fourth-order valence-corrected chi connectivity index (χ4v) is 2.25. The molecule has 2 aromatic carbocycles. The summed E-state index contributed by atoms with van der Waals surface area (Å²) >= 11 is 5.85. The average molecular weight is 357 g/mol. The molecule has 128 valence electrons. The van der Waals surface area contributed by atoms with Gasteiger partial charge in [-0.2, -0.15) is 13.2 Å². The first kappa shape index (κ1) is 18.1. The predicted octanol–water partition coefficient (Wildman–Crippen LogP) is 4.13. The first-order valence-electron chi connectivity index (χ1n) is 7.27. The van der Waals surface area contributed by atoms with Gasteiger partial charge in [-0.05, 0) is 30.2 Å². The molecule has 0 aromatic heterocycles. The molecular formula is C17H16ClF3N2O. The molecule has 0 saturated carbocycles. The van der Waals surface area contributed by atoms with Crippen LogP contribution < -0.4 is 10.6 Å². The van der Waals surface area contributed by atoms with E-state index in [4.69, 9.17) is 11.6 Å². The minimum atomic E-state index is -4.46. The van der Waals surface area contributed by atoms with Crippen molar-refractivity contribution >= 4 is 23.2 Å². The summed E-state index contributed by atoms with van der Waals surface area (Å²) in [5.74, 6) is -0.320. The Bertz CT molecular complexity index is 690. The Morgan fingerprint density at radius 1 is 1.08 bits per heavy atom. The topological polar surface area (TPSA) is 41.1 Å². The van der Waals surface area contributed by atoms with Gasteiger partial charge >= 0.3 is 6.18 Å².